The molecule has 24 heavy (non-hydrogen) atoms. The number of hydrogen-bond acceptors (Lipinski definition) is 3. The summed E-state index contributed by atoms with van der Waals surface area (Å²) in [5, 5.41) is 2.82. The van der Waals surface area contributed by atoms with Gasteiger partial charge in [-0.25, -0.2) is 8.42 Å². The van der Waals surface area contributed by atoms with E-state index in [9.17, 15) is 13.2 Å². The van der Waals surface area contributed by atoms with E-state index in [4.69, 9.17) is 0 Å². The maximum Gasteiger partial charge on any atom is 0.255 e. The zero-order valence-corrected chi connectivity index (χ0v) is 16.5. The minimum absolute atomic E-state index is 0.173. The van der Waals surface area contributed by atoms with Crippen LogP contribution in [0.1, 0.15) is 16.8 Å². The van der Waals surface area contributed by atoms with Crippen molar-refractivity contribution < 1.29 is 13.2 Å². The molecule has 1 heterocycles. The molecule has 2 aromatic rings. The topological polar surface area (TPSA) is 66.5 Å². The van der Waals surface area contributed by atoms with E-state index >= 15 is 0 Å². The Balaban J connectivity index is 1.78. The molecule has 0 atom stereocenters. The fourth-order valence-corrected chi connectivity index (χ4v) is 4.77. The number of nitrogens with one attached hydrogen (secondary N) is 1. The summed E-state index contributed by atoms with van der Waals surface area (Å²) in [6, 6.07) is 12.1. The van der Waals surface area contributed by atoms with Gasteiger partial charge in [-0.15, -0.1) is 0 Å². The van der Waals surface area contributed by atoms with Gasteiger partial charge < -0.3 is 5.32 Å². The summed E-state index contributed by atoms with van der Waals surface area (Å²) in [5.74, 6) is -0.0868. The van der Waals surface area contributed by atoms with Crippen molar-refractivity contribution in [1.29, 1.82) is 0 Å². The van der Waals surface area contributed by atoms with Crippen molar-refractivity contribution in [1.82, 2.24) is 0 Å². The number of nitrogens with zero attached hydrogens (tertiary/aromatic N) is 1. The highest BCUT2D eigenvalue weighted by molar-refractivity contribution is 9.11. The Morgan fingerprint density at radius 1 is 1.08 bits per heavy atom. The first-order valence-electron chi connectivity index (χ1n) is 7.24. The van der Waals surface area contributed by atoms with Gasteiger partial charge in [0.15, 0.2) is 0 Å². The summed E-state index contributed by atoms with van der Waals surface area (Å²) in [7, 11) is -3.21. The van der Waals surface area contributed by atoms with Crippen LogP contribution in [0.4, 0.5) is 11.4 Å². The molecule has 0 saturated carbocycles. The van der Waals surface area contributed by atoms with Gasteiger partial charge >= 0.3 is 0 Å². The largest absolute Gasteiger partial charge is 0.321 e. The molecule has 0 aromatic heterocycles. The predicted octanol–water partition coefficient (Wildman–Crippen LogP) is 4.00. The van der Waals surface area contributed by atoms with E-state index in [1.54, 1.807) is 30.3 Å². The van der Waals surface area contributed by atoms with Crippen LogP contribution in [0.5, 0.6) is 0 Å². The molecule has 1 fully saturated rings. The Bertz CT molecular complexity index is 883. The summed E-state index contributed by atoms with van der Waals surface area (Å²) in [6.07, 6.45) is 0.626. The molecule has 1 aliphatic heterocycles. The number of sulfonamides is 1. The van der Waals surface area contributed by atoms with Crippen molar-refractivity contribution in [3.05, 3.63) is 57.0 Å². The molecule has 0 unspecified atom stereocenters. The van der Waals surface area contributed by atoms with Gasteiger partial charge in [-0.2, -0.15) is 0 Å². The molecule has 0 spiro atoms. The first-order valence-corrected chi connectivity index (χ1v) is 10.4. The number of rotatable bonds is 3. The minimum atomic E-state index is -3.21. The van der Waals surface area contributed by atoms with E-state index in [2.05, 4.69) is 37.2 Å². The molecule has 8 heteroatoms. The van der Waals surface area contributed by atoms with Gasteiger partial charge in [-0.3, -0.25) is 9.10 Å². The van der Waals surface area contributed by atoms with Gasteiger partial charge in [0.05, 0.1) is 17.1 Å². The highest BCUT2D eigenvalue weighted by Gasteiger charge is 2.28. The highest BCUT2D eigenvalue weighted by atomic mass is 79.9. The van der Waals surface area contributed by atoms with Crippen LogP contribution in [0.25, 0.3) is 0 Å². The van der Waals surface area contributed by atoms with Crippen LogP contribution in [-0.2, 0) is 10.0 Å². The van der Waals surface area contributed by atoms with Crippen LogP contribution in [-0.4, -0.2) is 26.6 Å². The van der Waals surface area contributed by atoms with E-state index in [1.807, 2.05) is 12.1 Å². The first kappa shape index (κ1) is 17.4. The molecular formula is C16H14Br2N2O3S. The van der Waals surface area contributed by atoms with E-state index in [0.717, 1.165) is 8.95 Å². The number of anilines is 2. The second-order valence-corrected chi connectivity index (χ2v) is 9.15. The lowest BCUT2D eigenvalue weighted by Gasteiger charge is -2.17. The van der Waals surface area contributed by atoms with Gasteiger partial charge in [0.2, 0.25) is 10.0 Å². The molecule has 126 valence electrons. The molecule has 1 amide bonds. The summed E-state index contributed by atoms with van der Waals surface area (Å²) in [6.45, 7) is 0.485. The predicted molar refractivity (Wildman–Crippen MR) is 102 cm³/mol. The summed E-state index contributed by atoms with van der Waals surface area (Å²) in [4.78, 5) is 12.4. The van der Waals surface area contributed by atoms with E-state index < -0.39 is 10.0 Å². The normalized spacial score (nSPS) is 16.2. The van der Waals surface area contributed by atoms with Crippen LogP contribution < -0.4 is 9.62 Å². The number of amides is 1. The third-order valence-corrected chi connectivity index (χ3v) is 6.75. The Hall–Kier alpha value is -1.38. The lowest BCUT2D eigenvalue weighted by molar-refractivity contribution is 0.102. The van der Waals surface area contributed by atoms with Crippen molar-refractivity contribution in [2.24, 2.45) is 0 Å². The maximum atomic E-state index is 12.4. The van der Waals surface area contributed by atoms with Crippen molar-refractivity contribution >= 4 is 59.2 Å². The number of benzene rings is 2. The Morgan fingerprint density at radius 3 is 2.42 bits per heavy atom. The standard InChI is InChI=1S/C16H14Br2N2O3S/c17-12-4-7-14(18)15(10-12)19-16(21)11-2-5-13(6-3-11)20-8-1-9-24(20,22)23/h2-7,10H,1,8-9H2,(H,19,21). The van der Waals surface area contributed by atoms with Crippen LogP contribution in [0.3, 0.4) is 0 Å². The van der Waals surface area contributed by atoms with Crippen molar-refractivity contribution in [2.45, 2.75) is 6.42 Å². The van der Waals surface area contributed by atoms with E-state index in [1.165, 1.54) is 4.31 Å². The molecule has 3 rings (SSSR count). The quantitative estimate of drug-likeness (QED) is 0.732. The number of hydrogen-bond donors (Lipinski definition) is 1. The maximum absolute atomic E-state index is 12.4. The number of halogens is 2. The van der Waals surface area contributed by atoms with Gasteiger partial charge in [-0.1, -0.05) is 15.9 Å². The van der Waals surface area contributed by atoms with Crippen LogP contribution in [0.15, 0.2) is 51.4 Å². The summed E-state index contributed by atoms with van der Waals surface area (Å²) >= 11 is 6.76. The molecule has 0 bridgehead atoms. The average Bonchev–Trinajstić information content (AvgIpc) is 2.90. The van der Waals surface area contributed by atoms with Crippen molar-refractivity contribution in [2.75, 3.05) is 21.9 Å². The van der Waals surface area contributed by atoms with Crippen LogP contribution >= 0.6 is 31.9 Å². The molecule has 0 radical (unpaired) electrons. The minimum Gasteiger partial charge on any atom is -0.321 e. The Morgan fingerprint density at radius 2 is 1.79 bits per heavy atom. The lowest BCUT2D eigenvalue weighted by Crippen LogP contribution is -2.25. The van der Waals surface area contributed by atoms with Crippen molar-refractivity contribution in [3.63, 3.8) is 0 Å². The third-order valence-electron chi connectivity index (χ3n) is 3.69. The summed E-state index contributed by atoms with van der Waals surface area (Å²) in [5.41, 5.74) is 1.70. The highest BCUT2D eigenvalue weighted by Crippen LogP contribution is 2.27. The molecule has 2 aromatic carbocycles. The van der Waals surface area contributed by atoms with Crippen molar-refractivity contribution in [3.8, 4) is 0 Å². The fourth-order valence-electron chi connectivity index (χ4n) is 2.50. The molecule has 5 nitrogen and oxygen atoms in total. The molecule has 1 saturated heterocycles. The number of carbonyl (C=O) groups excluding carboxylic acids is 1. The monoisotopic (exact) mass is 472 g/mol. The zero-order valence-electron chi connectivity index (χ0n) is 12.5. The van der Waals surface area contributed by atoms with E-state index in [-0.39, 0.29) is 11.7 Å². The molecule has 1 aliphatic rings. The molecule has 0 aliphatic carbocycles. The molecule has 1 N–H and O–H groups in total. The van der Waals surface area contributed by atoms with Gasteiger partial charge in [-0.05, 0) is 64.8 Å². The SMILES string of the molecule is O=C(Nc1cc(Br)ccc1Br)c1ccc(N2CCCS2(=O)=O)cc1. The average molecular weight is 474 g/mol. The van der Waals surface area contributed by atoms with Gasteiger partial charge in [0.25, 0.3) is 5.91 Å². The van der Waals surface area contributed by atoms with Gasteiger partial charge in [0, 0.05) is 21.1 Å². The molecular weight excluding hydrogens is 460 g/mol. The zero-order chi connectivity index (χ0) is 17.3. The Labute approximate surface area is 157 Å². The van der Waals surface area contributed by atoms with Gasteiger partial charge in [0.1, 0.15) is 0 Å². The fraction of sp³-hybridized carbons (Fsp3) is 0.188. The van der Waals surface area contributed by atoms with Crippen LogP contribution in [0, 0.1) is 0 Å². The van der Waals surface area contributed by atoms with E-state index in [0.29, 0.717) is 29.9 Å². The van der Waals surface area contributed by atoms with Crippen LogP contribution in [0.2, 0.25) is 0 Å². The smallest absolute Gasteiger partial charge is 0.255 e. The third kappa shape index (κ3) is 3.65. The summed E-state index contributed by atoms with van der Waals surface area (Å²) < 4.78 is 26.9. The lowest BCUT2D eigenvalue weighted by atomic mass is 10.2. The Kier molecular flexibility index (Phi) is 4.98. The first-order chi connectivity index (χ1) is 11.4. The second-order valence-electron chi connectivity index (χ2n) is 5.37. The number of carbonyl (C=O) groups is 1. The second kappa shape index (κ2) is 6.85.